The summed E-state index contributed by atoms with van der Waals surface area (Å²) in [4.78, 5) is 16.9. The van der Waals surface area contributed by atoms with E-state index in [-0.39, 0.29) is 11.3 Å². The molecule has 27 heavy (non-hydrogen) atoms. The highest BCUT2D eigenvalue weighted by molar-refractivity contribution is 6.04. The first-order valence-corrected chi connectivity index (χ1v) is 10.0. The Morgan fingerprint density at radius 2 is 1.81 bits per heavy atom. The fraction of sp³-hybridized carbons (Fsp3) is 0.478. The number of anilines is 1. The maximum atomic E-state index is 12.8. The van der Waals surface area contributed by atoms with Gasteiger partial charge in [-0.05, 0) is 92.0 Å². The fourth-order valence-corrected chi connectivity index (χ4v) is 6.34. The van der Waals surface area contributed by atoms with E-state index in [4.69, 9.17) is 4.74 Å². The topological polar surface area (TPSA) is 51.2 Å². The summed E-state index contributed by atoms with van der Waals surface area (Å²) in [5, 5.41) is 2.95. The van der Waals surface area contributed by atoms with E-state index in [0.717, 1.165) is 29.2 Å². The number of carbonyl (C=O) groups excluding carboxylic acids is 1. The molecule has 0 spiro atoms. The first-order chi connectivity index (χ1) is 13.1. The number of carbonyl (C=O) groups is 1. The van der Waals surface area contributed by atoms with Crippen molar-refractivity contribution in [2.24, 2.45) is 17.8 Å². The van der Waals surface area contributed by atoms with Gasteiger partial charge >= 0.3 is 0 Å². The molecular weight excluding hydrogens is 336 g/mol. The monoisotopic (exact) mass is 362 g/mol. The normalized spacial score (nSPS) is 30.9. The number of methoxy groups -OCH3 is 1. The zero-order chi connectivity index (χ0) is 18.4. The minimum atomic E-state index is -0.0865. The standard InChI is InChI=1S/C23H26N2O2/c1-27-21-5-4-18(22(26)25-19-3-2-6-24-14-19)10-20(21)23-11-15-7-16(12-23)9-17(8-15)13-23/h2-6,10,14-17H,7-9,11-13H2,1H3,(H,25,26). The summed E-state index contributed by atoms with van der Waals surface area (Å²) in [6, 6.07) is 9.62. The van der Waals surface area contributed by atoms with Crippen LogP contribution in [0, 0.1) is 17.8 Å². The number of aromatic nitrogens is 1. The molecule has 4 aliphatic carbocycles. The second kappa shape index (κ2) is 6.36. The Labute approximate surface area is 160 Å². The summed E-state index contributed by atoms with van der Waals surface area (Å²) in [6.07, 6.45) is 11.3. The predicted molar refractivity (Wildman–Crippen MR) is 105 cm³/mol. The summed E-state index contributed by atoms with van der Waals surface area (Å²) in [5.74, 6) is 3.42. The van der Waals surface area contributed by atoms with Crippen molar-refractivity contribution < 1.29 is 9.53 Å². The fourth-order valence-electron chi connectivity index (χ4n) is 6.34. The molecule has 4 fully saturated rings. The van der Waals surface area contributed by atoms with E-state index >= 15 is 0 Å². The molecule has 0 aliphatic heterocycles. The van der Waals surface area contributed by atoms with Gasteiger partial charge in [0.1, 0.15) is 5.75 Å². The van der Waals surface area contributed by atoms with Crippen molar-refractivity contribution in [1.82, 2.24) is 4.98 Å². The summed E-state index contributed by atoms with van der Waals surface area (Å²) in [7, 11) is 1.74. The smallest absolute Gasteiger partial charge is 0.255 e. The number of ether oxygens (including phenoxy) is 1. The Hall–Kier alpha value is -2.36. The van der Waals surface area contributed by atoms with Gasteiger partial charge in [0.05, 0.1) is 19.0 Å². The van der Waals surface area contributed by atoms with Crippen molar-refractivity contribution in [1.29, 1.82) is 0 Å². The minimum absolute atomic E-state index is 0.0865. The van der Waals surface area contributed by atoms with Gasteiger partial charge in [-0.2, -0.15) is 0 Å². The van der Waals surface area contributed by atoms with Crippen molar-refractivity contribution >= 4 is 11.6 Å². The first-order valence-electron chi connectivity index (χ1n) is 10.0. The van der Waals surface area contributed by atoms with E-state index < -0.39 is 0 Å². The molecule has 1 aromatic carbocycles. The lowest BCUT2D eigenvalue weighted by Gasteiger charge is -2.57. The second-order valence-electron chi connectivity index (χ2n) is 8.81. The number of rotatable bonds is 4. The molecule has 1 N–H and O–H groups in total. The Morgan fingerprint density at radius 3 is 2.41 bits per heavy atom. The number of hydrogen-bond acceptors (Lipinski definition) is 3. The molecule has 1 heterocycles. The van der Waals surface area contributed by atoms with E-state index in [9.17, 15) is 4.79 Å². The van der Waals surface area contributed by atoms with E-state index in [0.29, 0.717) is 5.56 Å². The molecule has 0 unspecified atom stereocenters. The number of benzene rings is 1. The van der Waals surface area contributed by atoms with Gasteiger partial charge in [-0.1, -0.05) is 0 Å². The van der Waals surface area contributed by atoms with Crippen molar-refractivity contribution in [2.75, 3.05) is 12.4 Å². The van der Waals surface area contributed by atoms with Gasteiger partial charge in [-0.25, -0.2) is 0 Å². The molecule has 1 amide bonds. The van der Waals surface area contributed by atoms with Crippen molar-refractivity contribution in [3.8, 4) is 5.75 Å². The Balaban J connectivity index is 1.49. The van der Waals surface area contributed by atoms with Crippen LogP contribution in [0.4, 0.5) is 5.69 Å². The number of pyridine rings is 1. The Bertz CT molecular complexity index is 827. The number of nitrogens with zero attached hydrogens (tertiary/aromatic N) is 1. The Kier molecular flexibility index (Phi) is 3.96. The summed E-state index contributed by atoms with van der Waals surface area (Å²) >= 11 is 0. The van der Waals surface area contributed by atoms with Gasteiger partial charge in [0, 0.05) is 17.3 Å². The quantitative estimate of drug-likeness (QED) is 0.849. The molecule has 1 aromatic heterocycles. The van der Waals surface area contributed by atoms with Gasteiger partial charge in [-0.15, -0.1) is 0 Å². The van der Waals surface area contributed by atoms with Crippen molar-refractivity contribution in [3.63, 3.8) is 0 Å². The third-order valence-electron chi connectivity index (χ3n) is 6.99. The van der Waals surface area contributed by atoms with Gasteiger partial charge in [0.2, 0.25) is 0 Å². The number of nitrogens with one attached hydrogen (secondary N) is 1. The summed E-state index contributed by atoms with van der Waals surface area (Å²) < 4.78 is 5.75. The lowest BCUT2D eigenvalue weighted by Crippen LogP contribution is -2.48. The zero-order valence-corrected chi connectivity index (χ0v) is 15.8. The maximum Gasteiger partial charge on any atom is 0.255 e. The molecule has 4 aliphatic rings. The number of amides is 1. The summed E-state index contributed by atoms with van der Waals surface area (Å²) in [5.41, 5.74) is 2.87. The van der Waals surface area contributed by atoms with E-state index in [1.807, 2.05) is 24.3 Å². The van der Waals surface area contributed by atoms with Crippen LogP contribution < -0.4 is 10.1 Å². The van der Waals surface area contributed by atoms with Crippen molar-refractivity contribution in [2.45, 2.75) is 43.9 Å². The molecule has 2 aromatic rings. The van der Waals surface area contributed by atoms with Crippen molar-refractivity contribution in [3.05, 3.63) is 53.9 Å². The highest BCUT2D eigenvalue weighted by Gasteiger charge is 2.52. The number of hydrogen-bond donors (Lipinski definition) is 1. The molecule has 0 saturated heterocycles. The molecule has 140 valence electrons. The molecule has 6 rings (SSSR count). The highest BCUT2D eigenvalue weighted by atomic mass is 16.5. The lowest BCUT2D eigenvalue weighted by atomic mass is 9.48. The molecule has 4 saturated carbocycles. The van der Waals surface area contributed by atoms with Gasteiger partial charge in [-0.3, -0.25) is 9.78 Å². The van der Waals surface area contributed by atoms with Gasteiger partial charge in [0.25, 0.3) is 5.91 Å². The van der Waals surface area contributed by atoms with Gasteiger partial charge in [0.15, 0.2) is 0 Å². The SMILES string of the molecule is COc1ccc(C(=O)Nc2cccnc2)cc1C12CC3CC(CC(C3)C1)C2. The van der Waals surface area contributed by atoms with E-state index in [1.165, 1.54) is 44.1 Å². The highest BCUT2D eigenvalue weighted by Crippen LogP contribution is 2.61. The molecule has 4 heteroatoms. The minimum Gasteiger partial charge on any atom is -0.496 e. The first kappa shape index (κ1) is 16.8. The molecular formula is C23H26N2O2. The summed E-state index contributed by atoms with van der Waals surface area (Å²) in [6.45, 7) is 0. The van der Waals surface area contributed by atoms with Crippen LogP contribution in [0.15, 0.2) is 42.7 Å². The van der Waals surface area contributed by atoms with E-state index in [2.05, 4.69) is 16.4 Å². The maximum absolute atomic E-state index is 12.8. The second-order valence-corrected chi connectivity index (χ2v) is 8.81. The zero-order valence-electron chi connectivity index (χ0n) is 15.8. The van der Waals surface area contributed by atoms with Crippen LogP contribution in [-0.2, 0) is 5.41 Å². The van der Waals surface area contributed by atoms with Gasteiger partial charge < -0.3 is 10.1 Å². The van der Waals surface area contributed by atoms with Crippen LogP contribution in [0.3, 0.4) is 0 Å². The van der Waals surface area contributed by atoms with Crippen LogP contribution in [-0.4, -0.2) is 18.0 Å². The third kappa shape index (κ3) is 2.91. The Morgan fingerprint density at radius 1 is 1.11 bits per heavy atom. The third-order valence-corrected chi connectivity index (χ3v) is 6.99. The molecule has 4 nitrogen and oxygen atoms in total. The molecule has 0 radical (unpaired) electrons. The largest absolute Gasteiger partial charge is 0.496 e. The molecule has 4 bridgehead atoms. The average molecular weight is 362 g/mol. The van der Waals surface area contributed by atoms with Crippen LogP contribution in [0.2, 0.25) is 0 Å². The van der Waals surface area contributed by atoms with Crippen LogP contribution in [0.1, 0.15) is 54.4 Å². The van der Waals surface area contributed by atoms with Crippen LogP contribution >= 0.6 is 0 Å². The van der Waals surface area contributed by atoms with Crippen LogP contribution in [0.5, 0.6) is 5.75 Å². The lowest BCUT2D eigenvalue weighted by molar-refractivity contribution is -0.00617. The van der Waals surface area contributed by atoms with Crippen LogP contribution in [0.25, 0.3) is 0 Å². The average Bonchev–Trinajstić information content (AvgIpc) is 2.67. The predicted octanol–water partition coefficient (Wildman–Crippen LogP) is 4.81. The van der Waals surface area contributed by atoms with E-state index in [1.54, 1.807) is 19.5 Å². The molecule has 0 atom stereocenters.